The van der Waals surface area contributed by atoms with Crippen LogP contribution in [0.4, 0.5) is 0 Å². The van der Waals surface area contributed by atoms with Gasteiger partial charge < -0.3 is 4.90 Å². The maximum atomic E-state index is 13.0. The average Bonchev–Trinajstić information content (AvgIpc) is 3.35. The molecule has 1 fully saturated rings. The van der Waals surface area contributed by atoms with Gasteiger partial charge in [0.2, 0.25) is 0 Å². The van der Waals surface area contributed by atoms with Gasteiger partial charge >= 0.3 is 0 Å². The fourth-order valence-corrected chi connectivity index (χ4v) is 4.25. The molecule has 1 amide bonds. The minimum absolute atomic E-state index is 0.0750. The molecule has 144 valence electrons. The zero-order valence-electron chi connectivity index (χ0n) is 16.0. The number of fused-ring (bicyclic) bond motifs is 1. The predicted molar refractivity (Wildman–Crippen MR) is 104 cm³/mol. The van der Waals surface area contributed by atoms with E-state index in [1.165, 1.54) is 0 Å². The van der Waals surface area contributed by atoms with Crippen LogP contribution in [0.3, 0.4) is 0 Å². The Morgan fingerprint density at radius 3 is 2.75 bits per heavy atom. The minimum Gasteiger partial charge on any atom is -0.332 e. The van der Waals surface area contributed by atoms with E-state index in [-0.39, 0.29) is 5.91 Å². The Morgan fingerprint density at radius 2 is 2.04 bits per heavy atom. The maximum absolute atomic E-state index is 13.0. The topological polar surface area (TPSA) is 68.8 Å². The molecule has 3 heterocycles. The lowest BCUT2D eigenvalue weighted by atomic mass is 9.82. The van der Waals surface area contributed by atoms with Crippen molar-refractivity contribution in [3.8, 4) is 0 Å². The average molecular weight is 376 g/mol. The van der Waals surface area contributed by atoms with Crippen LogP contribution in [0.15, 0.2) is 42.7 Å². The second-order valence-electron chi connectivity index (χ2n) is 8.04. The highest BCUT2D eigenvalue weighted by atomic mass is 16.2. The Morgan fingerprint density at radius 1 is 1.21 bits per heavy atom. The molecule has 2 aromatic heterocycles. The lowest BCUT2D eigenvalue weighted by Gasteiger charge is -2.35. The summed E-state index contributed by atoms with van der Waals surface area (Å²) in [6.45, 7) is 4.27. The van der Waals surface area contributed by atoms with Gasteiger partial charge in [-0.05, 0) is 42.5 Å². The molecule has 0 N–H and O–H groups in total. The first kappa shape index (κ1) is 17.2. The van der Waals surface area contributed by atoms with Crippen LogP contribution in [0.25, 0.3) is 0 Å². The van der Waals surface area contributed by atoms with Gasteiger partial charge in [-0.1, -0.05) is 24.3 Å². The number of carbonyl (C=O) groups excluding carboxylic acids is 1. The van der Waals surface area contributed by atoms with Crippen LogP contribution in [-0.2, 0) is 19.5 Å². The summed E-state index contributed by atoms with van der Waals surface area (Å²) in [6.07, 6.45) is 6.79. The maximum Gasteiger partial charge on any atom is 0.254 e. The standard InChI is InChI=1S/C21H24N6O/c1-15-11-18(12-15)27-20-14-25(10-7-19(20)23-24-27)21(28)17-5-3-16(4-6-17)13-26-9-2-8-22-26/h2-6,8-9,15,18H,7,10-14H2,1H3. The van der Waals surface area contributed by atoms with Crippen LogP contribution in [0.5, 0.6) is 0 Å². The number of amides is 1. The normalized spacial score (nSPS) is 21.2. The van der Waals surface area contributed by atoms with Gasteiger partial charge in [0, 0.05) is 30.9 Å². The SMILES string of the molecule is CC1CC(n2nnc3c2CN(C(=O)c2ccc(Cn4cccn4)cc2)CC3)C1. The monoisotopic (exact) mass is 376 g/mol. The lowest BCUT2D eigenvalue weighted by molar-refractivity contribution is 0.0723. The Balaban J connectivity index is 1.29. The van der Waals surface area contributed by atoms with E-state index in [9.17, 15) is 4.79 Å². The van der Waals surface area contributed by atoms with E-state index >= 15 is 0 Å². The zero-order valence-corrected chi connectivity index (χ0v) is 16.0. The Kier molecular flexibility index (Phi) is 4.22. The van der Waals surface area contributed by atoms with E-state index in [0.717, 1.165) is 47.7 Å². The third-order valence-corrected chi connectivity index (χ3v) is 5.92. The zero-order chi connectivity index (χ0) is 19.1. The summed E-state index contributed by atoms with van der Waals surface area (Å²) in [6, 6.07) is 10.2. The third kappa shape index (κ3) is 3.10. The molecule has 0 bridgehead atoms. The van der Waals surface area contributed by atoms with Crippen LogP contribution in [0.2, 0.25) is 0 Å². The number of hydrogen-bond acceptors (Lipinski definition) is 4. The number of benzene rings is 1. The van der Waals surface area contributed by atoms with Crippen molar-refractivity contribution in [1.82, 2.24) is 29.7 Å². The fourth-order valence-electron chi connectivity index (χ4n) is 4.25. The van der Waals surface area contributed by atoms with Gasteiger partial charge in [-0.2, -0.15) is 5.10 Å². The molecule has 28 heavy (non-hydrogen) atoms. The van der Waals surface area contributed by atoms with E-state index in [1.54, 1.807) is 6.20 Å². The molecule has 0 radical (unpaired) electrons. The van der Waals surface area contributed by atoms with E-state index in [2.05, 4.69) is 27.0 Å². The second-order valence-corrected chi connectivity index (χ2v) is 8.04. The smallest absolute Gasteiger partial charge is 0.254 e. The van der Waals surface area contributed by atoms with Gasteiger partial charge in [0.05, 0.1) is 30.5 Å². The molecule has 0 saturated heterocycles. The van der Waals surface area contributed by atoms with Crippen molar-refractivity contribution >= 4 is 5.91 Å². The lowest BCUT2D eigenvalue weighted by Crippen LogP contribution is -2.38. The first-order valence-electron chi connectivity index (χ1n) is 9.96. The molecule has 5 rings (SSSR count). The van der Waals surface area contributed by atoms with Gasteiger partial charge in [0.25, 0.3) is 5.91 Å². The van der Waals surface area contributed by atoms with Gasteiger partial charge in [0.1, 0.15) is 0 Å². The van der Waals surface area contributed by atoms with E-state index in [0.29, 0.717) is 25.7 Å². The highest BCUT2D eigenvalue weighted by Crippen LogP contribution is 2.38. The molecule has 3 aromatic rings. The van der Waals surface area contributed by atoms with Crippen LogP contribution < -0.4 is 0 Å². The molecule has 0 spiro atoms. The van der Waals surface area contributed by atoms with Crippen LogP contribution >= 0.6 is 0 Å². The molecule has 7 heteroatoms. The molecule has 1 aromatic carbocycles. The van der Waals surface area contributed by atoms with Crippen molar-refractivity contribution < 1.29 is 4.79 Å². The van der Waals surface area contributed by atoms with Gasteiger partial charge in [-0.25, -0.2) is 4.68 Å². The predicted octanol–water partition coefficient (Wildman–Crippen LogP) is 2.69. The Hall–Kier alpha value is -2.96. The summed E-state index contributed by atoms with van der Waals surface area (Å²) in [5, 5.41) is 13.0. The molecule has 2 aliphatic rings. The summed E-state index contributed by atoms with van der Waals surface area (Å²) in [5.41, 5.74) is 4.02. The molecule has 1 aliphatic heterocycles. The number of aromatic nitrogens is 5. The first-order valence-corrected chi connectivity index (χ1v) is 9.96. The molecule has 1 aliphatic carbocycles. The summed E-state index contributed by atoms with van der Waals surface area (Å²) >= 11 is 0. The molecule has 0 unspecified atom stereocenters. The van der Waals surface area contributed by atoms with Crippen molar-refractivity contribution in [3.63, 3.8) is 0 Å². The minimum atomic E-state index is 0.0750. The molecule has 0 atom stereocenters. The van der Waals surface area contributed by atoms with Crippen LogP contribution in [-0.4, -0.2) is 42.1 Å². The van der Waals surface area contributed by atoms with Gasteiger partial charge in [-0.3, -0.25) is 9.48 Å². The van der Waals surface area contributed by atoms with E-state index in [4.69, 9.17) is 0 Å². The molecule has 7 nitrogen and oxygen atoms in total. The fraction of sp³-hybridized carbons (Fsp3) is 0.429. The molecular formula is C21H24N6O. The van der Waals surface area contributed by atoms with Crippen LogP contribution in [0, 0.1) is 5.92 Å². The van der Waals surface area contributed by atoms with Gasteiger partial charge in [0.15, 0.2) is 0 Å². The summed E-state index contributed by atoms with van der Waals surface area (Å²) in [4.78, 5) is 15.0. The van der Waals surface area contributed by atoms with Crippen LogP contribution in [0.1, 0.15) is 53.1 Å². The highest BCUT2D eigenvalue weighted by molar-refractivity contribution is 5.94. The van der Waals surface area contributed by atoms with Crippen molar-refractivity contribution in [1.29, 1.82) is 0 Å². The largest absolute Gasteiger partial charge is 0.332 e. The molecule has 1 saturated carbocycles. The molecular weight excluding hydrogens is 352 g/mol. The number of nitrogens with zero attached hydrogens (tertiary/aromatic N) is 6. The Labute approximate surface area is 164 Å². The van der Waals surface area contributed by atoms with Crippen molar-refractivity contribution in [3.05, 3.63) is 65.2 Å². The van der Waals surface area contributed by atoms with Gasteiger partial charge in [-0.15, -0.1) is 5.10 Å². The quantitative estimate of drug-likeness (QED) is 0.702. The number of rotatable bonds is 4. The number of hydrogen-bond donors (Lipinski definition) is 0. The Bertz CT molecular complexity index is 969. The summed E-state index contributed by atoms with van der Waals surface area (Å²) < 4.78 is 3.94. The first-order chi connectivity index (χ1) is 13.7. The highest BCUT2D eigenvalue weighted by Gasteiger charge is 2.33. The van der Waals surface area contributed by atoms with Crippen molar-refractivity contribution in [2.75, 3.05) is 6.54 Å². The summed E-state index contributed by atoms with van der Waals surface area (Å²) in [7, 11) is 0. The third-order valence-electron chi connectivity index (χ3n) is 5.92. The van der Waals surface area contributed by atoms with Crippen molar-refractivity contribution in [2.45, 2.75) is 45.3 Å². The van der Waals surface area contributed by atoms with Crippen molar-refractivity contribution in [2.24, 2.45) is 5.92 Å². The second kappa shape index (κ2) is 6.89. The van der Waals surface area contributed by atoms with E-state index in [1.807, 2.05) is 46.1 Å². The number of carbonyl (C=O) groups is 1. The van der Waals surface area contributed by atoms with E-state index < -0.39 is 0 Å². The summed E-state index contributed by atoms with van der Waals surface area (Å²) in [5.74, 6) is 0.831.